The molecule has 2 aromatic heterocycles. The van der Waals surface area contributed by atoms with Crippen LogP contribution in [0.15, 0.2) is 60.8 Å². The zero-order valence-corrected chi connectivity index (χ0v) is 19.7. The van der Waals surface area contributed by atoms with Gasteiger partial charge in [0.2, 0.25) is 16.0 Å². The maximum atomic E-state index is 11.7. The lowest BCUT2D eigenvalue weighted by molar-refractivity contribution is 0.607. The number of sulfonamides is 1. The number of rotatable bonds is 7. The SMILES string of the molecule is Cc1cc(C)n(-c2cccc(Nc3ncc(Cl)c(Nc4ccccc4NS(C)(=O)=O)n3)c2)n1. The Morgan fingerprint density at radius 3 is 2.42 bits per heavy atom. The molecule has 170 valence electrons. The molecule has 0 saturated carbocycles. The molecule has 2 aromatic carbocycles. The van der Waals surface area contributed by atoms with Gasteiger partial charge < -0.3 is 10.6 Å². The van der Waals surface area contributed by atoms with Gasteiger partial charge in [0.15, 0.2) is 5.82 Å². The zero-order chi connectivity index (χ0) is 23.6. The van der Waals surface area contributed by atoms with E-state index in [1.165, 1.54) is 6.20 Å². The minimum absolute atomic E-state index is 0.283. The number of hydrogen-bond acceptors (Lipinski definition) is 7. The lowest BCUT2D eigenvalue weighted by Crippen LogP contribution is -2.11. The third-order valence-electron chi connectivity index (χ3n) is 4.58. The first-order valence-corrected chi connectivity index (χ1v) is 12.2. The molecule has 0 atom stereocenters. The van der Waals surface area contributed by atoms with Crippen LogP contribution in [0.3, 0.4) is 0 Å². The summed E-state index contributed by atoms with van der Waals surface area (Å²) in [5, 5.41) is 11.0. The number of nitrogens with one attached hydrogen (secondary N) is 3. The molecule has 11 heteroatoms. The number of aryl methyl sites for hydroxylation is 2. The molecule has 33 heavy (non-hydrogen) atoms. The van der Waals surface area contributed by atoms with Crippen LogP contribution in [-0.2, 0) is 10.0 Å². The summed E-state index contributed by atoms with van der Waals surface area (Å²) in [5.41, 5.74) is 4.52. The van der Waals surface area contributed by atoms with Crippen LogP contribution in [-0.4, -0.2) is 34.4 Å². The molecule has 0 saturated heterocycles. The van der Waals surface area contributed by atoms with Crippen molar-refractivity contribution in [3.63, 3.8) is 0 Å². The minimum atomic E-state index is -3.45. The fourth-order valence-electron chi connectivity index (χ4n) is 3.26. The second-order valence-corrected chi connectivity index (χ2v) is 9.60. The Morgan fingerprint density at radius 2 is 1.73 bits per heavy atom. The molecule has 4 aromatic rings. The fraction of sp³-hybridized carbons (Fsp3) is 0.136. The van der Waals surface area contributed by atoms with Crippen LogP contribution in [0, 0.1) is 13.8 Å². The van der Waals surface area contributed by atoms with Crippen molar-refractivity contribution in [3.05, 3.63) is 77.2 Å². The number of para-hydroxylation sites is 2. The van der Waals surface area contributed by atoms with E-state index in [-0.39, 0.29) is 5.02 Å². The highest BCUT2D eigenvalue weighted by molar-refractivity contribution is 7.92. The number of anilines is 5. The summed E-state index contributed by atoms with van der Waals surface area (Å²) in [6.45, 7) is 3.95. The predicted octanol–water partition coefficient (Wildman–Crippen LogP) is 4.79. The van der Waals surface area contributed by atoms with Gasteiger partial charge in [0.25, 0.3) is 0 Å². The van der Waals surface area contributed by atoms with E-state index in [9.17, 15) is 8.42 Å². The first kappa shape index (κ1) is 22.6. The summed E-state index contributed by atoms with van der Waals surface area (Å²) in [5.74, 6) is 0.646. The van der Waals surface area contributed by atoms with Crippen LogP contribution >= 0.6 is 11.6 Å². The highest BCUT2D eigenvalue weighted by atomic mass is 35.5. The van der Waals surface area contributed by atoms with E-state index in [1.54, 1.807) is 24.3 Å². The molecule has 9 nitrogen and oxygen atoms in total. The van der Waals surface area contributed by atoms with E-state index in [1.807, 2.05) is 48.9 Å². The Kier molecular flexibility index (Phi) is 6.21. The van der Waals surface area contributed by atoms with Gasteiger partial charge in [-0.25, -0.2) is 18.1 Å². The van der Waals surface area contributed by atoms with E-state index >= 15 is 0 Å². The van der Waals surface area contributed by atoms with Gasteiger partial charge in [0, 0.05) is 11.4 Å². The van der Waals surface area contributed by atoms with Crippen LogP contribution < -0.4 is 15.4 Å². The Bertz CT molecular complexity index is 1420. The van der Waals surface area contributed by atoms with Crippen molar-refractivity contribution < 1.29 is 8.42 Å². The van der Waals surface area contributed by atoms with Gasteiger partial charge in [-0.15, -0.1) is 0 Å². The maximum Gasteiger partial charge on any atom is 0.229 e. The van der Waals surface area contributed by atoms with Crippen LogP contribution in [0.4, 0.5) is 28.8 Å². The summed E-state index contributed by atoms with van der Waals surface area (Å²) in [4.78, 5) is 8.71. The average molecular weight is 484 g/mol. The zero-order valence-electron chi connectivity index (χ0n) is 18.2. The molecule has 0 fully saturated rings. The highest BCUT2D eigenvalue weighted by Gasteiger charge is 2.12. The number of aromatic nitrogens is 4. The Labute approximate surface area is 196 Å². The molecule has 0 aliphatic heterocycles. The van der Waals surface area contributed by atoms with E-state index < -0.39 is 10.0 Å². The van der Waals surface area contributed by atoms with Crippen molar-refractivity contribution in [2.24, 2.45) is 0 Å². The van der Waals surface area contributed by atoms with Crippen LogP contribution in [0.2, 0.25) is 5.02 Å². The molecule has 0 radical (unpaired) electrons. The number of benzene rings is 2. The third kappa shape index (κ3) is 5.60. The van der Waals surface area contributed by atoms with E-state index in [4.69, 9.17) is 11.6 Å². The number of hydrogen-bond donors (Lipinski definition) is 3. The van der Waals surface area contributed by atoms with E-state index in [0.29, 0.717) is 23.1 Å². The van der Waals surface area contributed by atoms with Crippen molar-refractivity contribution in [1.29, 1.82) is 0 Å². The van der Waals surface area contributed by atoms with Crippen molar-refractivity contribution in [3.8, 4) is 5.69 Å². The molecule has 4 rings (SSSR count). The Balaban J connectivity index is 1.59. The normalized spacial score (nSPS) is 11.3. The van der Waals surface area contributed by atoms with Gasteiger partial charge in [0.1, 0.15) is 5.02 Å². The smallest absolute Gasteiger partial charge is 0.229 e. The second-order valence-electron chi connectivity index (χ2n) is 7.45. The summed E-state index contributed by atoms with van der Waals surface area (Å²) >= 11 is 6.29. The first-order valence-electron chi connectivity index (χ1n) is 9.95. The molecular weight excluding hydrogens is 462 g/mol. The largest absolute Gasteiger partial charge is 0.337 e. The Hall–Kier alpha value is -3.63. The highest BCUT2D eigenvalue weighted by Crippen LogP contribution is 2.29. The predicted molar refractivity (Wildman–Crippen MR) is 132 cm³/mol. The summed E-state index contributed by atoms with van der Waals surface area (Å²) in [6, 6.07) is 16.6. The maximum absolute atomic E-state index is 11.7. The van der Waals surface area contributed by atoms with Crippen molar-refractivity contribution in [2.75, 3.05) is 21.6 Å². The summed E-state index contributed by atoms with van der Waals surface area (Å²) in [7, 11) is -3.45. The monoisotopic (exact) mass is 483 g/mol. The topological polar surface area (TPSA) is 114 Å². The average Bonchev–Trinajstić information content (AvgIpc) is 3.09. The molecule has 3 N–H and O–H groups in total. The first-order chi connectivity index (χ1) is 15.7. The van der Waals surface area contributed by atoms with Crippen LogP contribution in [0.25, 0.3) is 5.69 Å². The van der Waals surface area contributed by atoms with Crippen LogP contribution in [0.1, 0.15) is 11.4 Å². The fourth-order valence-corrected chi connectivity index (χ4v) is 3.97. The molecule has 0 bridgehead atoms. The van der Waals surface area contributed by atoms with Gasteiger partial charge in [-0.2, -0.15) is 10.1 Å². The quantitative estimate of drug-likeness (QED) is 0.346. The van der Waals surface area contributed by atoms with Gasteiger partial charge >= 0.3 is 0 Å². The van der Waals surface area contributed by atoms with Crippen molar-refractivity contribution in [2.45, 2.75) is 13.8 Å². The molecule has 0 amide bonds. The molecule has 0 spiro atoms. The van der Waals surface area contributed by atoms with Gasteiger partial charge in [-0.05, 0) is 50.2 Å². The lowest BCUT2D eigenvalue weighted by atomic mass is 10.2. The molecule has 0 unspecified atom stereocenters. The van der Waals surface area contributed by atoms with Crippen molar-refractivity contribution in [1.82, 2.24) is 19.7 Å². The van der Waals surface area contributed by atoms with Gasteiger partial charge in [-0.3, -0.25) is 4.72 Å². The number of halogens is 1. The van der Waals surface area contributed by atoms with Gasteiger partial charge in [-0.1, -0.05) is 29.8 Å². The molecule has 2 heterocycles. The Morgan fingerprint density at radius 1 is 0.970 bits per heavy atom. The summed E-state index contributed by atoms with van der Waals surface area (Å²) < 4.78 is 27.7. The third-order valence-corrected chi connectivity index (χ3v) is 5.44. The van der Waals surface area contributed by atoms with Crippen LogP contribution in [0.5, 0.6) is 0 Å². The molecular formula is C22H22ClN7O2S. The minimum Gasteiger partial charge on any atom is -0.337 e. The molecule has 0 aliphatic carbocycles. The van der Waals surface area contributed by atoms with E-state index in [2.05, 4.69) is 30.4 Å². The summed E-state index contributed by atoms with van der Waals surface area (Å²) in [6.07, 6.45) is 2.56. The van der Waals surface area contributed by atoms with Gasteiger partial charge in [0.05, 0.1) is 35.2 Å². The van der Waals surface area contributed by atoms with E-state index in [0.717, 1.165) is 29.0 Å². The second kappa shape index (κ2) is 9.08. The standard InChI is InChI=1S/C22H22ClN7O2S/c1-14-11-15(2)30(28-14)17-8-6-7-16(12-17)25-22-24-13-18(23)21(27-22)26-19-9-4-5-10-20(19)29-33(3,31)32/h4-13,29H,1-3H3,(H2,24,25,26,27). The number of nitrogens with zero attached hydrogens (tertiary/aromatic N) is 4. The lowest BCUT2D eigenvalue weighted by Gasteiger charge is -2.14. The van der Waals surface area contributed by atoms with Crippen molar-refractivity contribution >= 4 is 50.5 Å². The molecule has 0 aliphatic rings.